The Hall–Kier alpha value is -1.41. The maximum atomic E-state index is 12.0. The van der Waals surface area contributed by atoms with E-state index in [1.54, 1.807) is 11.3 Å². The van der Waals surface area contributed by atoms with E-state index >= 15 is 0 Å². The van der Waals surface area contributed by atoms with Gasteiger partial charge in [-0.15, -0.1) is 11.3 Å². The van der Waals surface area contributed by atoms with E-state index in [9.17, 15) is 4.79 Å². The molecule has 4 nitrogen and oxygen atoms in total. The molecule has 0 unspecified atom stereocenters. The van der Waals surface area contributed by atoms with Crippen LogP contribution < -0.4 is 5.32 Å². The number of amides is 1. The molecule has 2 rings (SSSR count). The number of nitrogens with zero attached hydrogens (tertiary/aromatic N) is 2. The number of hydrogen-bond acceptors (Lipinski definition) is 4. The highest BCUT2D eigenvalue weighted by Crippen LogP contribution is 2.37. The van der Waals surface area contributed by atoms with Crippen molar-refractivity contribution in [3.8, 4) is 6.07 Å². The Balaban J connectivity index is 1.95. The lowest BCUT2D eigenvalue weighted by atomic mass is 9.87. The normalized spacial score (nSPS) is 17.6. The summed E-state index contributed by atoms with van der Waals surface area (Å²) >= 11 is 1.57. The minimum Gasteiger partial charge on any atom is -0.349 e. The quantitative estimate of drug-likeness (QED) is 0.892. The summed E-state index contributed by atoms with van der Waals surface area (Å²) in [5.74, 6) is -0.136. The molecule has 0 spiro atoms. The Bertz CT molecular complexity index is 455. The van der Waals surface area contributed by atoms with Gasteiger partial charge in [-0.05, 0) is 19.8 Å². The van der Waals surface area contributed by atoms with Crippen LogP contribution in [0.3, 0.4) is 0 Å². The van der Waals surface area contributed by atoms with Gasteiger partial charge in [0.25, 0.3) is 0 Å². The largest absolute Gasteiger partial charge is 0.349 e. The molecule has 1 aliphatic rings. The zero-order valence-electron chi connectivity index (χ0n) is 9.82. The van der Waals surface area contributed by atoms with Crippen molar-refractivity contribution in [1.29, 1.82) is 5.26 Å². The maximum absolute atomic E-state index is 12.0. The molecule has 0 aliphatic heterocycles. The molecule has 1 saturated carbocycles. The van der Waals surface area contributed by atoms with E-state index in [1.165, 1.54) is 0 Å². The molecule has 90 valence electrons. The van der Waals surface area contributed by atoms with Crippen molar-refractivity contribution in [2.24, 2.45) is 5.41 Å². The third kappa shape index (κ3) is 2.47. The minimum atomic E-state index is -0.787. The number of hydrogen-bond donors (Lipinski definition) is 1. The van der Waals surface area contributed by atoms with Gasteiger partial charge in [0.2, 0.25) is 5.91 Å². The van der Waals surface area contributed by atoms with Crippen LogP contribution in [0.1, 0.15) is 36.4 Å². The van der Waals surface area contributed by atoms with E-state index in [0.717, 1.165) is 23.5 Å². The first-order valence-electron chi connectivity index (χ1n) is 5.77. The lowest BCUT2D eigenvalue weighted by Crippen LogP contribution is -2.37. The second kappa shape index (κ2) is 4.84. The standard InChI is InChI=1S/C12H15N3OS/c1-9-15-10(7-17-9)6-14-11(16)12(8-13)4-2-3-5-12/h7H,2-6H2,1H3,(H,14,16). The molecule has 1 amide bonds. The van der Waals surface area contributed by atoms with Gasteiger partial charge >= 0.3 is 0 Å². The van der Waals surface area contributed by atoms with Crippen LogP contribution in [0.4, 0.5) is 0 Å². The molecule has 1 fully saturated rings. The molecule has 0 radical (unpaired) electrons. The summed E-state index contributed by atoms with van der Waals surface area (Å²) in [5, 5.41) is 14.9. The number of rotatable bonds is 3. The van der Waals surface area contributed by atoms with E-state index in [2.05, 4.69) is 16.4 Å². The summed E-state index contributed by atoms with van der Waals surface area (Å²) < 4.78 is 0. The average Bonchev–Trinajstić information content (AvgIpc) is 2.95. The Morgan fingerprint density at radius 3 is 2.88 bits per heavy atom. The van der Waals surface area contributed by atoms with Crippen LogP contribution in [0.2, 0.25) is 0 Å². The zero-order chi connectivity index (χ0) is 12.3. The highest BCUT2D eigenvalue weighted by Gasteiger charge is 2.41. The van der Waals surface area contributed by atoms with Crippen molar-refractivity contribution in [1.82, 2.24) is 10.3 Å². The van der Waals surface area contributed by atoms with Crippen molar-refractivity contribution in [3.05, 3.63) is 16.1 Å². The Kier molecular flexibility index (Phi) is 3.43. The van der Waals surface area contributed by atoms with Crippen molar-refractivity contribution in [3.63, 3.8) is 0 Å². The molecular formula is C12H15N3OS. The third-order valence-electron chi connectivity index (χ3n) is 3.20. The topological polar surface area (TPSA) is 65.8 Å². The van der Waals surface area contributed by atoms with Crippen LogP contribution in [0.15, 0.2) is 5.38 Å². The van der Waals surface area contributed by atoms with Crippen molar-refractivity contribution in [2.75, 3.05) is 0 Å². The number of aryl methyl sites for hydroxylation is 1. The van der Waals surface area contributed by atoms with Crippen LogP contribution in [0.5, 0.6) is 0 Å². The number of carbonyl (C=O) groups excluding carboxylic acids is 1. The first-order chi connectivity index (χ1) is 8.16. The summed E-state index contributed by atoms with van der Waals surface area (Å²) in [5.41, 5.74) is 0.0809. The molecular weight excluding hydrogens is 234 g/mol. The van der Waals surface area contributed by atoms with Gasteiger partial charge in [0.05, 0.1) is 23.3 Å². The van der Waals surface area contributed by atoms with Crippen molar-refractivity contribution >= 4 is 17.2 Å². The number of nitrogens with one attached hydrogen (secondary N) is 1. The van der Waals surface area contributed by atoms with Gasteiger partial charge in [-0.1, -0.05) is 12.8 Å². The van der Waals surface area contributed by atoms with Crippen LogP contribution in [-0.4, -0.2) is 10.9 Å². The summed E-state index contributed by atoms with van der Waals surface area (Å²) in [7, 11) is 0. The smallest absolute Gasteiger partial charge is 0.240 e. The molecule has 0 atom stereocenters. The molecule has 1 aliphatic carbocycles. The zero-order valence-corrected chi connectivity index (χ0v) is 10.6. The Morgan fingerprint density at radius 1 is 1.65 bits per heavy atom. The Morgan fingerprint density at radius 2 is 2.35 bits per heavy atom. The van der Waals surface area contributed by atoms with E-state index in [0.29, 0.717) is 19.4 Å². The van der Waals surface area contributed by atoms with Crippen molar-refractivity contribution in [2.45, 2.75) is 39.2 Å². The number of carbonyl (C=O) groups is 1. The van der Waals surface area contributed by atoms with E-state index in [-0.39, 0.29) is 5.91 Å². The second-order valence-corrected chi connectivity index (χ2v) is 5.50. The highest BCUT2D eigenvalue weighted by atomic mass is 32.1. The van der Waals surface area contributed by atoms with Gasteiger partial charge < -0.3 is 5.32 Å². The first-order valence-corrected chi connectivity index (χ1v) is 6.65. The molecule has 0 bridgehead atoms. The van der Waals surface area contributed by atoms with Gasteiger partial charge in [0.15, 0.2) is 0 Å². The highest BCUT2D eigenvalue weighted by molar-refractivity contribution is 7.09. The molecule has 0 aromatic carbocycles. The van der Waals surface area contributed by atoms with E-state index < -0.39 is 5.41 Å². The van der Waals surface area contributed by atoms with Crippen molar-refractivity contribution < 1.29 is 4.79 Å². The average molecular weight is 249 g/mol. The fourth-order valence-electron chi connectivity index (χ4n) is 2.20. The van der Waals surface area contributed by atoms with E-state index in [4.69, 9.17) is 5.26 Å². The first kappa shape index (κ1) is 12.1. The maximum Gasteiger partial charge on any atom is 0.240 e. The second-order valence-electron chi connectivity index (χ2n) is 4.44. The van der Waals surface area contributed by atoms with Crippen LogP contribution >= 0.6 is 11.3 Å². The number of nitriles is 1. The summed E-state index contributed by atoms with van der Waals surface area (Å²) in [6.07, 6.45) is 3.31. The summed E-state index contributed by atoms with van der Waals surface area (Å²) in [6.45, 7) is 2.36. The molecule has 17 heavy (non-hydrogen) atoms. The Labute approximate surface area is 105 Å². The lowest BCUT2D eigenvalue weighted by Gasteiger charge is -2.18. The van der Waals surface area contributed by atoms with Crippen LogP contribution in [-0.2, 0) is 11.3 Å². The molecule has 1 heterocycles. The van der Waals surface area contributed by atoms with Crippen LogP contribution in [0, 0.1) is 23.7 Å². The summed E-state index contributed by atoms with van der Waals surface area (Å²) in [6, 6.07) is 2.19. The fraction of sp³-hybridized carbons (Fsp3) is 0.583. The molecule has 1 aromatic rings. The molecule has 1 N–H and O–H groups in total. The summed E-state index contributed by atoms with van der Waals surface area (Å²) in [4.78, 5) is 16.3. The van der Waals surface area contributed by atoms with Gasteiger partial charge in [-0.25, -0.2) is 4.98 Å². The SMILES string of the molecule is Cc1nc(CNC(=O)C2(C#N)CCCC2)cs1. The number of aromatic nitrogens is 1. The molecule has 1 aromatic heterocycles. The number of thiazole rings is 1. The third-order valence-corrected chi connectivity index (χ3v) is 4.02. The molecule has 0 saturated heterocycles. The fourth-order valence-corrected chi connectivity index (χ4v) is 2.81. The predicted octanol–water partition coefficient (Wildman–Crippen LogP) is 2.15. The monoisotopic (exact) mass is 249 g/mol. The van der Waals surface area contributed by atoms with E-state index in [1.807, 2.05) is 12.3 Å². The van der Waals surface area contributed by atoms with Gasteiger partial charge in [0.1, 0.15) is 5.41 Å². The van der Waals surface area contributed by atoms with Gasteiger partial charge in [-0.2, -0.15) is 5.26 Å². The predicted molar refractivity (Wildman–Crippen MR) is 65.2 cm³/mol. The van der Waals surface area contributed by atoms with Crippen LogP contribution in [0.25, 0.3) is 0 Å². The van der Waals surface area contributed by atoms with Gasteiger partial charge in [-0.3, -0.25) is 4.79 Å². The lowest BCUT2D eigenvalue weighted by molar-refractivity contribution is -0.128. The minimum absolute atomic E-state index is 0.136. The molecule has 5 heteroatoms. The van der Waals surface area contributed by atoms with Gasteiger partial charge in [0, 0.05) is 5.38 Å².